The predicted molar refractivity (Wildman–Crippen MR) is 72.5 cm³/mol. The van der Waals surface area contributed by atoms with E-state index in [1.807, 2.05) is 0 Å². The second-order valence-corrected chi connectivity index (χ2v) is 3.98. The first kappa shape index (κ1) is 14.7. The monoisotopic (exact) mass is 291 g/mol. The molecule has 0 aliphatic heterocycles. The normalized spacial score (nSPS) is 10.2. The van der Waals surface area contributed by atoms with E-state index in [4.69, 9.17) is 14.6 Å². The summed E-state index contributed by atoms with van der Waals surface area (Å²) in [6.45, 7) is -0.0600. The van der Waals surface area contributed by atoms with Crippen LogP contribution in [0.3, 0.4) is 0 Å². The Morgan fingerprint density at radius 2 is 2.00 bits per heavy atom. The Kier molecular flexibility index (Phi) is 4.62. The SMILES string of the molecule is COc1ncnc(Oc2ccccc2CCO)c1[N+](=O)[O-]. The van der Waals surface area contributed by atoms with E-state index in [1.165, 1.54) is 7.11 Å². The van der Waals surface area contributed by atoms with Gasteiger partial charge in [-0.1, -0.05) is 18.2 Å². The van der Waals surface area contributed by atoms with Crippen LogP contribution in [-0.4, -0.2) is 33.7 Å². The third kappa shape index (κ3) is 3.23. The highest BCUT2D eigenvalue weighted by Crippen LogP contribution is 2.36. The quantitative estimate of drug-likeness (QED) is 0.637. The molecule has 8 heteroatoms. The van der Waals surface area contributed by atoms with Gasteiger partial charge in [0.1, 0.15) is 12.1 Å². The van der Waals surface area contributed by atoms with Crippen molar-refractivity contribution < 1.29 is 19.5 Å². The number of nitrogens with zero attached hydrogens (tertiary/aromatic N) is 3. The van der Waals surface area contributed by atoms with Crippen LogP contribution >= 0.6 is 0 Å². The fourth-order valence-electron chi connectivity index (χ4n) is 1.76. The van der Waals surface area contributed by atoms with Gasteiger partial charge in [-0.3, -0.25) is 10.1 Å². The lowest BCUT2D eigenvalue weighted by atomic mass is 10.1. The topological polar surface area (TPSA) is 108 Å². The molecule has 2 rings (SSSR count). The molecule has 1 heterocycles. The van der Waals surface area contributed by atoms with Crippen LogP contribution in [-0.2, 0) is 6.42 Å². The van der Waals surface area contributed by atoms with Gasteiger partial charge in [-0.15, -0.1) is 0 Å². The van der Waals surface area contributed by atoms with Gasteiger partial charge in [0.05, 0.1) is 12.0 Å². The molecule has 0 atom stereocenters. The van der Waals surface area contributed by atoms with Crippen LogP contribution in [0.2, 0.25) is 0 Å². The second-order valence-electron chi connectivity index (χ2n) is 3.98. The van der Waals surface area contributed by atoms with Crippen molar-refractivity contribution in [3.63, 3.8) is 0 Å². The number of para-hydroxylation sites is 1. The van der Waals surface area contributed by atoms with Gasteiger partial charge < -0.3 is 14.6 Å². The highest BCUT2D eigenvalue weighted by molar-refractivity contribution is 5.51. The summed E-state index contributed by atoms with van der Waals surface area (Å²) in [5.74, 6) is -0.00252. The summed E-state index contributed by atoms with van der Waals surface area (Å²) < 4.78 is 10.4. The molecule has 2 aromatic rings. The highest BCUT2D eigenvalue weighted by atomic mass is 16.6. The number of aromatic nitrogens is 2. The van der Waals surface area contributed by atoms with Crippen LogP contribution in [0.15, 0.2) is 30.6 Å². The van der Waals surface area contributed by atoms with E-state index in [2.05, 4.69) is 9.97 Å². The molecular formula is C13H13N3O5. The van der Waals surface area contributed by atoms with Gasteiger partial charge in [-0.05, 0) is 18.1 Å². The van der Waals surface area contributed by atoms with E-state index in [9.17, 15) is 10.1 Å². The molecule has 1 N–H and O–H groups in total. The Morgan fingerprint density at radius 3 is 2.67 bits per heavy atom. The maximum absolute atomic E-state index is 11.1. The van der Waals surface area contributed by atoms with Crippen molar-refractivity contribution in [2.75, 3.05) is 13.7 Å². The maximum Gasteiger partial charge on any atom is 0.392 e. The van der Waals surface area contributed by atoms with Gasteiger partial charge in [0, 0.05) is 6.61 Å². The van der Waals surface area contributed by atoms with Gasteiger partial charge >= 0.3 is 17.4 Å². The van der Waals surface area contributed by atoms with Gasteiger partial charge in [0.2, 0.25) is 0 Å². The Hall–Kier alpha value is -2.74. The van der Waals surface area contributed by atoms with Crippen molar-refractivity contribution in [2.45, 2.75) is 6.42 Å². The van der Waals surface area contributed by atoms with E-state index in [-0.39, 0.29) is 18.4 Å². The molecule has 0 fully saturated rings. The molecule has 0 saturated heterocycles. The number of hydrogen-bond acceptors (Lipinski definition) is 7. The average Bonchev–Trinajstić information content (AvgIpc) is 2.49. The first-order valence-electron chi connectivity index (χ1n) is 6.07. The van der Waals surface area contributed by atoms with Crippen molar-refractivity contribution in [2.24, 2.45) is 0 Å². The zero-order valence-electron chi connectivity index (χ0n) is 11.2. The molecule has 0 saturated carbocycles. The number of ether oxygens (including phenoxy) is 2. The van der Waals surface area contributed by atoms with Gasteiger partial charge in [-0.25, -0.2) is 0 Å². The van der Waals surface area contributed by atoms with Crippen LogP contribution in [0, 0.1) is 10.1 Å². The van der Waals surface area contributed by atoms with Crippen molar-refractivity contribution in [1.82, 2.24) is 9.97 Å². The molecular weight excluding hydrogens is 278 g/mol. The molecule has 0 spiro atoms. The summed E-state index contributed by atoms with van der Waals surface area (Å²) in [4.78, 5) is 17.9. The predicted octanol–water partition coefficient (Wildman–Crippen LogP) is 1.72. The molecule has 0 aliphatic rings. The number of methoxy groups -OCH3 is 1. The van der Waals surface area contributed by atoms with Crippen molar-refractivity contribution in [1.29, 1.82) is 0 Å². The number of nitro groups is 1. The minimum atomic E-state index is -0.664. The Labute approximate surface area is 120 Å². The minimum Gasteiger partial charge on any atom is -0.476 e. The lowest BCUT2D eigenvalue weighted by Crippen LogP contribution is -2.02. The van der Waals surface area contributed by atoms with Crippen molar-refractivity contribution in [3.8, 4) is 17.5 Å². The zero-order valence-corrected chi connectivity index (χ0v) is 11.2. The van der Waals surface area contributed by atoms with E-state index in [0.717, 1.165) is 6.33 Å². The van der Waals surface area contributed by atoms with Crippen molar-refractivity contribution >= 4 is 5.69 Å². The number of benzene rings is 1. The molecule has 0 bridgehead atoms. The summed E-state index contributed by atoms with van der Waals surface area (Å²) in [6.07, 6.45) is 1.49. The zero-order chi connectivity index (χ0) is 15.2. The average molecular weight is 291 g/mol. The molecule has 0 amide bonds. The Morgan fingerprint density at radius 1 is 1.29 bits per heavy atom. The first-order chi connectivity index (χ1) is 10.2. The van der Waals surface area contributed by atoms with Gasteiger partial charge in [-0.2, -0.15) is 9.97 Å². The minimum absolute atomic E-state index is 0.0600. The first-order valence-corrected chi connectivity index (χ1v) is 6.07. The fraction of sp³-hybridized carbons (Fsp3) is 0.231. The van der Waals surface area contributed by atoms with Crippen LogP contribution in [0.1, 0.15) is 5.56 Å². The summed E-state index contributed by atoms with van der Waals surface area (Å²) >= 11 is 0. The number of rotatable bonds is 6. The van der Waals surface area contributed by atoms with Crippen LogP contribution in [0.5, 0.6) is 17.5 Å². The van der Waals surface area contributed by atoms with E-state index >= 15 is 0 Å². The third-order valence-electron chi connectivity index (χ3n) is 2.69. The van der Waals surface area contributed by atoms with Gasteiger partial charge in [0.15, 0.2) is 0 Å². The Bertz CT molecular complexity index is 647. The molecule has 1 aromatic carbocycles. The highest BCUT2D eigenvalue weighted by Gasteiger charge is 2.26. The molecule has 8 nitrogen and oxygen atoms in total. The second kappa shape index (κ2) is 6.62. The smallest absolute Gasteiger partial charge is 0.392 e. The standard InChI is InChI=1S/C13H13N3O5/c1-20-12-11(16(18)19)13(15-8-14-12)21-10-5-3-2-4-9(10)6-7-17/h2-5,8,17H,6-7H2,1H3. The number of hydrogen-bond donors (Lipinski definition) is 1. The molecule has 0 unspecified atom stereocenters. The van der Waals surface area contributed by atoms with Crippen LogP contribution < -0.4 is 9.47 Å². The molecule has 0 radical (unpaired) electrons. The van der Waals surface area contributed by atoms with Crippen LogP contribution in [0.4, 0.5) is 5.69 Å². The Balaban J connectivity index is 2.42. The molecule has 110 valence electrons. The third-order valence-corrected chi connectivity index (χ3v) is 2.69. The lowest BCUT2D eigenvalue weighted by molar-refractivity contribution is -0.387. The molecule has 0 aliphatic carbocycles. The lowest BCUT2D eigenvalue weighted by Gasteiger charge is -2.10. The number of aliphatic hydroxyl groups is 1. The van der Waals surface area contributed by atoms with Crippen LogP contribution in [0.25, 0.3) is 0 Å². The van der Waals surface area contributed by atoms with E-state index in [0.29, 0.717) is 17.7 Å². The van der Waals surface area contributed by atoms with Crippen molar-refractivity contribution in [3.05, 3.63) is 46.3 Å². The largest absolute Gasteiger partial charge is 0.476 e. The van der Waals surface area contributed by atoms with E-state index < -0.39 is 10.6 Å². The molecule has 21 heavy (non-hydrogen) atoms. The molecule has 1 aromatic heterocycles. The summed E-state index contributed by atoms with van der Waals surface area (Å²) in [7, 11) is 1.28. The maximum atomic E-state index is 11.1. The van der Waals surface area contributed by atoms with Gasteiger partial charge in [0.25, 0.3) is 0 Å². The van der Waals surface area contributed by atoms with E-state index in [1.54, 1.807) is 24.3 Å². The number of aliphatic hydroxyl groups excluding tert-OH is 1. The summed E-state index contributed by atoms with van der Waals surface area (Å²) in [5.41, 5.74) is 0.269. The fourth-order valence-corrected chi connectivity index (χ4v) is 1.76. The summed E-state index contributed by atoms with van der Waals surface area (Å²) in [6, 6.07) is 6.91. The summed E-state index contributed by atoms with van der Waals surface area (Å²) in [5, 5.41) is 20.2.